The van der Waals surface area contributed by atoms with Crippen molar-refractivity contribution in [2.75, 3.05) is 11.2 Å². The highest BCUT2D eigenvalue weighted by Crippen LogP contribution is 2.28. The van der Waals surface area contributed by atoms with Gasteiger partial charge >= 0.3 is 0 Å². The maximum Gasteiger partial charge on any atom is 0.237 e. The van der Waals surface area contributed by atoms with Crippen LogP contribution in [0.2, 0.25) is 0 Å². The lowest BCUT2D eigenvalue weighted by atomic mass is 9.86. The normalized spacial score (nSPS) is 16.2. The van der Waals surface area contributed by atoms with Crippen LogP contribution in [0.15, 0.2) is 29.4 Å². The van der Waals surface area contributed by atoms with Gasteiger partial charge in [0.25, 0.3) is 0 Å². The molecule has 7 heteroatoms. The van der Waals surface area contributed by atoms with Crippen molar-refractivity contribution in [2.24, 2.45) is 5.92 Å². The molecule has 1 amide bonds. The Labute approximate surface area is 165 Å². The van der Waals surface area contributed by atoms with E-state index in [1.807, 2.05) is 38.1 Å². The summed E-state index contributed by atoms with van der Waals surface area (Å²) in [5.74, 6) is 7.69. The average Bonchev–Trinajstić information content (AvgIpc) is 3.02. The third-order valence-corrected chi connectivity index (χ3v) is 6.26. The van der Waals surface area contributed by atoms with Gasteiger partial charge in [-0.25, -0.2) is 4.68 Å². The van der Waals surface area contributed by atoms with Gasteiger partial charge in [-0.3, -0.25) is 4.79 Å². The molecule has 1 aromatic carbocycles. The summed E-state index contributed by atoms with van der Waals surface area (Å²) in [7, 11) is 0. The van der Waals surface area contributed by atoms with Crippen molar-refractivity contribution in [2.45, 2.75) is 69.2 Å². The van der Waals surface area contributed by atoms with Gasteiger partial charge in [0.15, 0.2) is 5.82 Å². The van der Waals surface area contributed by atoms with Crippen molar-refractivity contribution in [3.8, 4) is 0 Å². The summed E-state index contributed by atoms with van der Waals surface area (Å²) >= 11 is 1.34. The van der Waals surface area contributed by atoms with E-state index in [1.165, 1.54) is 43.9 Å². The average molecular weight is 388 g/mol. The molecule has 0 bridgehead atoms. The van der Waals surface area contributed by atoms with Crippen LogP contribution in [-0.2, 0) is 11.2 Å². The summed E-state index contributed by atoms with van der Waals surface area (Å²) in [6.07, 6.45) is 8.64. The molecule has 1 fully saturated rings. The van der Waals surface area contributed by atoms with E-state index in [4.69, 9.17) is 5.84 Å². The van der Waals surface area contributed by atoms with Crippen LogP contribution in [0.25, 0.3) is 0 Å². The van der Waals surface area contributed by atoms with Crippen LogP contribution < -0.4 is 11.2 Å². The molecule has 3 N–H and O–H groups in total. The standard InChI is InChI=1S/C20H29N5OS/c1-14-8-11-17(12-9-14)22-19(26)15(2)27-20-24-23-18(25(20)21)13-10-16-6-4-3-5-7-16/h8-9,11-12,15-16H,3-7,10,13,21H2,1-2H3,(H,22,26)/t15-/m1/s1. The number of carbonyl (C=O) groups excluding carboxylic acids is 1. The monoisotopic (exact) mass is 387 g/mol. The summed E-state index contributed by atoms with van der Waals surface area (Å²) in [6, 6.07) is 7.75. The summed E-state index contributed by atoms with van der Waals surface area (Å²) in [4.78, 5) is 12.4. The Morgan fingerprint density at radius 2 is 1.96 bits per heavy atom. The minimum Gasteiger partial charge on any atom is -0.336 e. The van der Waals surface area contributed by atoms with Crippen LogP contribution in [0.1, 0.15) is 56.8 Å². The molecule has 1 saturated carbocycles. The lowest BCUT2D eigenvalue weighted by molar-refractivity contribution is -0.115. The first kappa shape index (κ1) is 19.7. The van der Waals surface area contributed by atoms with Crippen molar-refractivity contribution in [3.05, 3.63) is 35.7 Å². The number of rotatable bonds is 7. The van der Waals surface area contributed by atoms with Gasteiger partial charge in [0, 0.05) is 12.1 Å². The number of aryl methyl sites for hydroxylation is 2. The van der Waals surface area contributed by atoms with Gasteiger partial charge < -0.3 is 11.2 Å². The van der Waals surface area contributed by atoms with E-state index in [-0.39, 0.29) is 11.2 Å². The maximum absolute atomic E-state index is 12.4. The molecule has 1 aliphatic carbocycles. The van der Waals surface area contributed by atoms with Crippen LogP contribution in [-0.4, -0.2) is 26.0 Å². The summed E-state index contributed by atoms with van der Waals surface area (Å²) in [6.45, 7) is 3.87. The largest absolute Gasteiger partial charge is 0.336 e. The lowest BCUT2D eigenvalue weighted by Crippen LogP contribution is -2.24. The Kier molecular flexibility index (Phi) is 6.77. The number of nitrogen functional groups attached to an aromatic ring is 1. The molecule has 0 spiro atoms. The van der Waals surface area contributed by atoms with Crippen LogP contribution in [0.3, 0.4) is 0 Å². The van der Waals surface area contributed by atoms with Crippen LogP contribution in [0.5, 0.6) is 0 Å². The molecule has 1 atom stereocenters. The number of nitrogens with zero attached hydrogens (tertiary/aromatic N) is 3. The van der Waals surface area contributed by atoms with E-state index in [0.29, 0.717) is 5.16 Å². The first-order chi connectivity index (χ1) is 13.0. The van der Waals surface area contributed by atoms with Gasteiger partial charge in [-0.15, -0.1) is 10.2 Å². The molecular weight excluding hydrogens is 358 g/mol. The minimum atomic E-state index is -0.316. The number of hydrogen-bond acceptors (Lipinski definition) is 5. The number of carbonyl (C=O) groups is 1. The number of hydrogen-bond donors (Lipinski definition) is 2. The molecule has 0 saturated heterocycles. The number of nitrogens with one attached hydrogen (secondary N) is 1. The van der Waals surface area contributed by atoms with Gasteiger partial charge in [0.1, 0.15) is 0 Å². The number of aromatic nitrogens is 3. The van der Waals surface area contributed by atoms with Crippen LogP contribution in [0.4, 0.5) is 5.69 Å². The second-order valence-corrected chi connectivity index (χ2v) is 8.73. The predicted octanol–water partition coefficient (Wildman–Crippen LogP) is 3.93. The third kappa shape index (κ3) is 5.48. The highest BCUT2D eigenvalue weighted by atomic mass is 32.2. The van der Waals surface area contributed by atoms with Crippen molar-refractivity contribution >= 4 is 23.4 Å². The first-order valence-corrected chi connectivity index (χ1v) is 10.6. The topological polar surface area (TPSA) is 85.8 Å². The quantitative estimate of drug-likeness (QED) is 0.555. The molecule has 0 aliphatic heterocycles. The zero-order valence-electron chi connectivity index (χ0n) is 16.1. The molecule has 0 unspecified atom stereocenters. The fraction of sp³-hybridized carbons (Fsp3) is 0.550. The summed E-state index contributed by atoms with van der Waals surface area (Å²) in [5.41, 5.74) is 1.95. The Balaban J connectivity index is 1.52. The van der Waals surface area contributed by atoms with E-state index in [2.05, 4.69) is 15.5 Å². The second-order valence-electron chi connectivity index (χ2n) is 7.43. The number of nitrogens with two attached hydrogens (primary N) is 1. The number of anilines is 1. The van der Waals surface area contributed by atoms with Gasteiger partial charge in [-0.05, 0) is 38.3 Å². The van der Waals surface area contributed by atoms with Crippen molar-refractivity contribution in [1.29, 1.82) is 0 Å². The van der Waals surface area contributed by atoms with Crippen LogP contribution >= 0.6 is 11.8 Å². The number of thioether (sulfide) groups is 1. The van der Waals surface area contributed by atoms with E-state index in [0.717, 1.165) is 35.8 Å². The predicted molar refractivity (Wildman–Crippen MR) is 110 cm³/mol. The molecule has 27 heavy (non-hydrogen) atoms. The van der Waals surface area contributed by atoms with Crippen molar-refractivity contribution in [1.82, 2.24) is 14.9 Å². The van der Waals surface area contributed by atoms with Gasteiger partial charge in [-0.1, -0.05) is 61.6 Å². The molecule has 0 radical (unpaired) electrons. The van der Waals surface area contributed by atoms with Crippen molar-refractivity contribution < 1.29 is 4.79 Å². The molecule has 146 valence electrons. The molecule has 2 aromatic rings. The number of benzene rings is 1. The number of amides is 1. The molecule has 1 aliphatic rings. The lowest BCUT2D eigenvalue weighted by Gasteiger charge is -2.20. The Morgan fingerprint density at radius 3 is 2.67 bits per heavy atom. The summed E-state index contributed by atoms with van der Waals surface area (Å²) in [5, 5.41) is 11.6. The Bertz CT molecular complexity index is 752. The van der Waals surface area contributed by atoms with Gasteiger partial charge in [0.05, 0.1) is 5.25 Å². The van der Waals surface area contributed by atoms with E-state index < -0.39 is 0 Å². The molecule has 1 aromatic heterocycles. The fourth-order valence-electron chi connectivity index (χ4n) is 3.46. The van der Waals surface area contributed by atoms with Crippen LogP contribution in [0, 0.1) is 12.8 Å². The minimum absolute atomic E-state index is 0.0735. The van der Waals surface area contributed by atoms with E-state index in [9.17, 15) is 4.79 Å². The molecule has 6 nitrogen and oxygen atoms in total. The highest BCUT2D eigenvalue weighted by Gasteiger charge is 2.20. The molecular formula is C20H29N5OS. The first-order valence-electron chi connectivity index (χ1n) is 9.76. The zero-order valence-corrected chi connectivity index (χ0v) is 17.0. The SMILES string of the molecule is Cc1ccc(NC(=O)[C@@H](C)Sc2nnc(CCC3CCCCC3)n2N)cc1. The second kappa shape index (κ2) is 9.26. The molecule has 3 rings (SSSR count). The van der Waals surface area contributed by atoms with Crippen molar-refractivity contribution in [3.63, 3.8) is 0 Å². The summed E-state index contributed by atoms with van der Waals surface area (Å²) < 4.78 is 1.54. The highest BCUT2D eigenvalue weighted by molar-refractivity contribution is 8.00. The fourth-order valence-corrected chi connectivity index (χ4v) is 4.25. The van der Waals surface area contributed by atoms with E-state index in [1.54, 1.807) is 4.68 Å². The van der Waals surface area contributed by atoms with Gasteiger partial charge in [0.2, 0.25) is 11.1 Å². The zero-order chi connectivity index (χ0) is 19.2. The smallest absolute Gasteiger partial charge is 0.237 e. The third-order valence-electron chi connectivity index (χ3n) is 5.21. The Morgan fingerprint density at radius 1 is 1.26 bits per heavy atom. The Hall–Kier alpha value is -2.02. The maximum atomic E-state index is 12.4. The van der Waals surface area contributed by atoms with Gasteiger partial charge in [-0.2, -0.15) is 0 Å². The van der Waals surface area contributed by atoms with E-state index >= 15 is 0 Å². The molecule has 1 heterocycles.